The van der Waals surface area contributed by atoms with Crippen LogP contribution >= 0.6 is 0 Å². The molecule has 88 valence electrons. The van der Waals surface area contributed by atoms with Gasteiger partial charge >= 0.3 is 0 Å². The maximum absolute atomic E-state index is 12.0. The van der Waals surface area contributed by atoms with E-state index in [2.05, 4.69) is 19.6 Å². The third-order valence-electron chi connectivity index (χ3n) is 2.66. The predicted octanol–water partition coefficient (Wildman–Crippen LogP) is 3.21. The molecule has 0 unspecified atom stereocenters. The minimum atomic E-state index is -1.69. The monoisotopic (exact) mass is 236 g/mol. The summed E-state index contributed by atoms with van der Waals surface area (Å²) in [6.07, 6.45) is 0.399. The Hall–Kier alpha value is -0.933. The summed E-state index contributed by atoms with van der Waals surface area (Å²) in [5, 5.41) is 0.364. The number of carbonyl (C=O) groups is 1. The van der Waals surface area contributed by atoms with E-state index in [0.717, 1.165) is 5.56 Å². The number of hydrogen-bond donors (Lipinski definition) is 0. The van der Waals surface area contributed by atoms with Crippen molar-refractivity contribution >= 4 is 13.5 Å². The van der Waals surface area contributed by atoms with E-state index in [9.17, 15) is 4.79 Å². The first kappa shape index (κ1) is 13.1. The second-order valence-electron chi connectivity index (χ2n) is 5.01. The molecule has 0 heterocycles. The molecular formula is C13H20O2Si. The Morgan fingerprint density at radius 3 is 2.25 bits per heavy atom. The second kappa shape index (κ2) is 5.41. The molecule has 0 aliphatic carbocycles. The molecule has 0 amide bonds. The van der Waals surface area contributed by atoms with Gasteiger partial charge in [-0.05, 0) is 5.56 Å². The van der Waals surface area contributed by atoms with Gasteiger partial charge in [0.25, 0.3) is 0 Å². The molecule has 0 saturated carbocycles. The summed E-state index contributed by atoms with van der Waals surface area (Å²) in [5.74, 6) is 0. The Morgan fingerprint density at radius 1 is 1.25 bits per heavy atom. The van der Waals surface area contributed by atoms with Gasteiger partial charge < -0.3 is 9.53 Å². The number of carbonyl (C=O) groups excluding carboxylic acids is 1. The fraction of sp³-hybridized carbons (Fsp3) is 0.462. The largest absolute Gasteiger partial charge is 0.376 e. The van der Waals surface area contributed by atoms with E-state index in [1.54, 1.807) is 7.11 Å². The highest BCUT2D eigenvalue weighted by molar-refractivity contribution is 7.03. The van der Waals surface area contributed by atoms with Crippen LogP contribution in [0.5, 0.6) is 0 Å². The fourth-order valence-electron chi connectivity index (χ4n) is 1.48. The van der Waals surface area contributed by atoms with Gasteiger partial charge in [0.15, 0.2) is 0 Å². The van der Waals surface area contributed by atoms with Gasteiger partial charge in [-0.3, -0.25) is 0 Å². The first-order chi connectivity index (χ1) is 7.45. The Morgan fingerprint density at radius 2 is 1.81 bits per heavy atom. The van der Waals surface area contributed by atoms with E-state index in [1.807, 2.05) is 30.3 Å². The Balaban J connectivity index is 2.75. The average molecular weight is 236 g/mol. The van der Waals surface area contributed by atoms with E-state index >= 15 is 0 Å². The quantitative estimate of drug-likeness (QED) is 0.734. The predicted molar refractivity (Wildman–Crippen MR) is 69.2 cm³/mol. The molecule has 1 rings (SSSR count). The van der Waals surface area contributed by atoms with Crippen LogP contribution in [0.1, 0.15) is 18.1 Å². The first-order valence-corrected chi connectivity index (χ1v) is 9.06. The van der Waals surface area contributed by atoms with E-state index < -0.39 is 8.07 Å². The van der Waals surface area contributed by atoms with Crippen LogP contribution in [-0.4, -0.2) is 20.6 Å². The molecule has 0 fully saturated rings. The van der Waals surface area contributed by atoms with Crippen LogP contribution in [0.4, 0.5) is 0 Å². The molecule has 0 spiro atoms. The normalized spacial score (nSPS) is 13.5. The SMILES string of the molecule is CO[C@@H](CC(=O)[Si](C)(C)C)c1ccccc1. The molecule has 0 aliphatic rings. The van der Waals surface area contributed by atoms with Crippen molar-refractivity contribution in [2.75, 3.05) is 7.11 Å². The van der Waals surface area contributed by atoms with Crippen molar-refractivity contribution in [1.29, 1.82) is 0 Å². The molecule has 1 aromatic carbocycles. The molecule has 0 bridgehead atoms. The van der Waals surface area contributed by atoms with E-state index in [1.165, 1.54) is 0 Å². The van der Waals surface area contributed by atoms with E-state index in [-0.39, 0.29) is 6.10 Å². The second-order valence-corrected chi connectivity index (χ2v) is 10.1. The van der Waals surface area contributed by atoms with Crippen molar-refractivity contribution in [3.05, 3.63) is 35.9 Å². The van der Waals surface area contributed by atoms with Crippen LogP contribution in [0.15, 0.2) is 30.3 Å². The minimum Gasteiger partial charge on any atom is -0.376 e. The van der Waals surface area contributed by atoms with Crippen LogP contribution in [0.3, 0.4) is 0 Å². The van der Waals surface area contributed by atoms with Gasteiger partial charge in [0.1, 0.15) is 13.5 Å². The molecule has 2 nitrogen and oxygen atoms in total. The number of ether oxygens (including phenoxy) is 1. The molecular weight excluding hydrogens is 216 g/mol. The topological polar surface area (TPSA) is 26.3 Å². The fourth-order valence-corrected chi connectivity index (χ4v) is 2.28. The Kier molecular flexibility index (Phi) is 4.44. The summed E-state index contributed by atoms with van der Waals surface area (Å²) in [6.45, 7) is 6.23. The van der Waals surface area contributed by atoms with Gasteiger partial charge in [0.2, 0.25) is 0 Å². The standard InChI is InChI=1S/C13H20O2Si/c1-15-12(10-13(14)16(2,3)4)11-8-6-5-7-9-11/h5-9,12H,10H2,1-4H3/t12-/m0/s1. The lowest BCUT2D eigenvalue weighted by Gasteiger charge is -2.20. The summed E-state index contributed by atoms with van der Waals surface area (Å²) in [6, 6.07) is 9.93. The highest BCUT2D eigenvalue weighted by Crippen LogP contribution is 2.22. The van der Waals surface area contributed by atoms with Crippen LogP contribution in [0, 0.1) is 0 Å². The summed E-state index contributed by atoms with van der Waals surface area (Å²) >= 11 is 0. The van der Waals surface area contributed by atoms with E-state index in [0.29, 0.717) is 11.8 Å². The summed E-state index contributed by atoms with van der Waals surface area (Å²) in [7, 11) is -0.0296. The number of benzene rings is 1. The third-order valence-corrected chi connectivity index (χ3v) is 4.54. The minimum absolute atomic E-state index is 0.0968. The summed E-state index contributed by atoms with van der Waals surface area (Å²) < 4.78 is 5.40. The molecule has 1 atom stereocenters. The lowest BCUT2D eigenvalue weighted by molar-refractivity contribution is -0.115. The van der Waals surface area contributed by atoms with Gasteiger partial charge in [-0.2, -0.15) is 0 Å². The average Bonchev–Trinajstić information content (AvgIpc) is 2.25. The van der Waals surface area contributed by atoms with Crippen LogP contribution in [0.2, 0.25) is 19.6 Å². The molecule has 1 aromatic rings. The summed E-state index contributed by atoms with van der Waals surface area (Å²) in [5.41, 5.74) is 1.08. The van der Waals surface area contributed by atoms with Gasteiger partial charge in [-0.25, -0.2) is 0 Å². The zero-order chi connectivity index (χ0) is 12.2. The zero-order valence-electron chi connectivity index (χ0n) is 10.5. The van der Waals surface area contributed by atoms with Gasteiger partial charge in [-0.15, -0.1) is 0 Å². The highest BCUT2D eigenvalue weighted by Gasteiger charge is 2.27. The van der Waals surface area contributed by atoms with E-state index in [4.69, 9.17) is 4.74 Å². The van der Waals surface area contributed by atoms with Crippen LogP contribution < -0.4 is 0 Å². The molecule has 16 heavy (non-hydrogen) atoms. The molecule has 0 N–H and O–H groups in total. The van der Waals surface area contributed by atoms with Gasteiger partial charge in [0.05, 0.1) is 6.10 Å². The van der Waals surface area contributed by atoms with Crippen LogP contribution in [-0.2, 0) is 9.53 Å². The maximum atomic E-state index is 12.0. The molecule has 3 heteroatoms. The Bertz CT molecular complexity index is 341. The van der Waals surface area contributed by atoms with Gasteiger partial charge in [0, 0.05) is 13.5 Å². The molecule has 0 aliphatic heterocycles. The lowest BCUT2D eigenvalue weighted by Crippen LogP contribution is -2.34. The molecule has 0 saturated heterocycles. The van der Waals surface area contributed by atoms with Crippen LogP contribution in [0.25, 0.3) is 0 Å². The van der Waals surface area contributed by atoms with Crippen molar-refractivity contribution in [1.82, 2.24) is 0 Å². The molecule has 0 radical (unpaired) electrons. The summed E-state index contributed by atoms with van der Waals surface area (Å²) in [4.78, 5) is 12.0. The smallest absolute Gasteiger partial charge is 0.124 e. The number of methoxy groups -OCH3 is 1. The van der Waals surface area contributed by atoms with Crippen molar-refractivity contribution < 1.29 is 9.53 Å². The zero-order valence-corrected chi connectivity index (χ0v) is 11.5. The third kappa shape index (κ3) is 3.58. The number of rotatable bonds is 5. The first-order valence-electron chi connectivity index (χ1n) is 5.56. The maximum Gasteiger partial charge on any atom is 0.124 e. The van der Waals surface area contributed by atoms with Crippen molar-refractivity contribution in [2.45, 2.75) is 32.2 Å². The van der Waals surface area contributed by atoms with Gasteiger partial charge in [-0.1, -0.05) is 50.0 Å². The highest BCUT2D eigenvalue weighted by atomic mass is 28.3. The van der Waals surface area contributed by atoms with Crippen molar-refractivity contribution in [3.63, 3.8) is 0 Å². The number of hydrogen-bond acceptors (Lipinski definition) is 2. The Labute approximate surface area is 98.6 Å². The van der Waals surface area contributed by atoms with Crippen molar-refractivity contribution in [2.24, 2.45) is 0 Å². The van der Waals surface area contributed by atoms with Crippen molar-refractivity contribution in [3.8, 4) is 0 Å². The molecule has 0 aromatic heterocycles. The lowest BCUT2D eigenvalue weighted by atomic mass is 10.1.